The highest BCUT2D eigenvalue weighted by molar-refractivity contribution is 14.1. The van der Waals surface area contributed by atoms with Crippen LogP contribution in [0.3, 0.4) is 0 Å². The second-order valence-electron chi connectivity index (χ2n) is 5.66. The van der Waals surface area contributed by atoms with Crippen molar-refractivity contribution in [2.45, 2.75) is 32.9 Å². The van der Waals surface area contributed by atoms with E-state index in [-0.39, 0.29) is 0 Å². The van der Waals surface area contributed by atoms with Gasteiger partial charge >= 0.3 is 6.98 Å². The molecular weight excluding hydrogens is 379 g/mol. The van der Waals surface area contributed by atoms with Crippen molar-refractivity contribution in [2.75, 3.05) is 0 Å². The molecule has 1 aromatic carbocycles. The van der Waals surface area contributed by atoms with Gasteiger partial charge in [-0.2, -0.15) is 0 Å². The highest BCUT2D eigenvalue weighted by Gasteiger charge is 2.23. The summed E-state index contributed by atoms with van der Waals surface area (Å²) in [5, 5.41) is 0. The van der Waals surface area contributed by atoms with Crippen LogP contribution < -0.4 is 0 Å². The van der Waals surface area contributed by atoms with Crippen molar-refractivity contribution < 1.29 is 12.9 Å². The Bertz CT molecular complexity index is 536. The molecule has 19 heavy (non-hydrogen) atoms. The molecule has 0 nitrogen and oxygen atoms in total. The van der Waals surface area contributed by atoms with E-state index in [1.807, 2.05) is 6.92 Å². The van der Waals surface area contributed by atoms with E-state index >= 15 is 0 Å². The van der Waals surface area contributed by atoms with E-state index in [9.17, 15) is 12.9 Å². The van der Waals surface area contributed by atoms with Crippen molar-refractivity contribution in [1.82, 2.24) is 0 Å². The first-order valence-corrected chi connectivity index (χ1v) is 10.6. The van der Waals surface area contributed by atoms with Crippen LogP contribution in [0.2, 0.25) is 19.6 Å². The van der Waals surface area contributed by atoms with Gasteiger partial charge in [0.2, 0.25) is 0 Å². The van der Waals surface area contributed by atoms with Gasteiger partial charge in [-0.3, -0.25) is 0 Å². The van der Waals surface area contributed by atoms with Crippen LogP contribution in [0.5, 0.6) is 0 Å². The summed E-state index contributed by atoms with van der Waals surface area (Å²) in [5.41, 5.74) is 5.20. The van der Waals surface area contributed by atoms with Crippen molar-refractivity contribution in [3.8, 4) is 11.5 Å². The number of benzene rings is 1. The summed E-state index contributed by atoms with van der Waals surface area (Å²) in [4.78, 5) is 0. The van der Waals surface area contributed by atoms with Crippen molar-refractivity contribution in [3.63, 3.8) is 0 Å². The maximum atomic E-state index is 12.5. The Hall–Kier alpha value is -0.418. The molecule has 104 valence electrons. The number of hydrogen-bond donors (Lipinski definition) is 0. The smallest absolute Gasteiger partial charge is 0.449 e. The van der Waals surface area contributed by atoms with Crippen LogP contribution in [-0.4, -0.2) is 15.1 Å². The Labute approximate surface area is 127 Å². The van der Waals surface area contributed by atoms with Gasteiger partial charge in [0.05, 0.1) is 0 Å². The molecule has 0 aromatic heterocycles. The van der Waals surface area contributed by atoms with Crippen LogP contribution in [0.4, 0.5) is 12.9 Å². The Morgan fingerprint density at radius 1 is 1.21 bits per heavy atom. The minimum absolute atomic E-state index is 0.308. The van der Waals surface area contributed by atoms with Crippen LogP contribution >= 0.6 is 22.6 Å². The second-order valence-corrected chi connectivity index (χ2v) is 11.6. The van der Waals surface area contributed by atoms with Crippen LogP contribution in [0, 0.1) is 22.0 Å². The fraction of sp³-hybridized carbons (Fsp3) is 0.385. The van der Waals surface area contributed by atoms with Crippen molar-refractivity contribution in [2.24, 2.45) is 0 Å². The quantitative estimate of drug-likeness (QED) is 0.385. The fourth-order valence-electron chi connectivity index (χ4n) is 1.50. The molecular formula is C13H16BF3ISi-. The summed E-state index contributed by atoms with van der Waals surface area (Å²) in [6, 6.07) is 3.19. The Balaban J connectivity index is 3.20. The van der Waals surface area contributed by atoms with Gasteiger partial charge in [-0.15, -0.1) is 5.54 Å². The Morgan fingerprint density at radius 2 is 1.79 bits per heavy atom. The molecule has 6 heteroatoms. The van der Waals surface area contributed by atoms with Crippen LogP contribution in [0.15, 0.2) is 12.1 Å². The summed E-state index contributed by atoms with van der Waals surface area (Å²) in [5.74, 6) is 3.07. The predicted molar refractivity (Wildman–Crippen MR) is 86.9 cm³/mol. The molecule has 0 unspecified atom stereocenters. The molecule has 0 spiro atoms. The van der Waals surface area contributed by atoms with Crippen LogP contribution in [0.25, 0.3) is 0 Å². The van der Waals surface area contributed by atoms with E-state index in [2.05, 4.69) is 53.7 Å². The molecule has 0 aliphatic heterocycles. The van der Waals surface area contributed by atoms with E-state index < -0.39 is 21.4 Å². The highest BCUT2D eigenvalue weighted by atomic mass is 127. The monoisotopic (exact) mass is 395 g/mol. The average Bonchev–Trinajstić information content (AvgIpc) is 2.17. The normalized spacial score (nSPS) is 12.0. The van der Waals surface area contributed by atoms with E-state index in [4.69, 9.17) is 0 Å². The molecule has 0 aliphatic rings. The largest absolute Gasteiger partial charge is 0.482 e. The molecule has 0 atom stereocenters. The van der Waals surface area contributed by atoms with Crippen LogP contribution in [0.1, 0.15) is 16.7 Å². The summed E-state index contributed by atoms with van der Waals surface area (Å²) >= 11 is 2.07. The van der Waals surface area contributed by atoms with Crippen LogP contribution in [-0.2, 0) is 6.32 Å². The maximum Gasteiger partial charge on any atom is 0.482 e. The lowest BCUT2D eigenvalue weighted by Crippen LogP contribution is -2.19. The third-order valence-electron chi connectivity index (χ3n) is 2.44. The predicted octanol–water partition coefficient (Wildman–Crippen LogP) is 4.76. The van der Waals surface area contributed by atoms with Gasteiger partial charge in [0.25, 0.3) is 0 Å². The molecule has 0 radical (unpaired) electrons. The molecule has 0 heterocycles. The summed E-state index contributed by atoms with van der Waals surface area (Å²) in [6.45, 7) is 3.44. The first-order valence-electron chi connectivity index (χ1n) is 6.01. The van der Waals surface area contributed by atoms with E-state index in [0.29, 0.717) is 5.56 Å². The Kier molecular flexibility index (Phi) is 5.18. The van der Waals surface area contributed by atoms with Gasteiger partial charge in [-0.05, 0) is 47.2 Å². The zero-order chi connectivity index (χ0) is 14.8. The zero-order valence-corrected chi connectivity index (χ0v) is 14.6. The molecule has 1 rings (SSSR count). The van der Waals surface area contributed by atoms with E-state index in [0.717, 1.165) is 14.7 Å². The molecule has 0 bridgehead atoms. The van der Waals surface area contributed by atoms with Gasteiger partial charge in [0.1, 0.15) is 8.07 Å². The summed E-state index contributed by atoms with van der Waals surface area (Å²) in [6.07, 6.45) is -0.835. The molecule has 1 aromatic rings. The summed E-state index contributed by atoms with van der Waals surface area (Å²) < 4.78 is 38.4. The first kappa shape index (κ1) is 16.6. The minimum atomic E-state index is -4.80. The van der Waals surface area contributed by atoms with Gasteiger partial charge in [-0.1, -0.05) is 37.4 Å². The van der Waals surface area contributed by atoms with E-state index in [1.54, 1.807) is 12.1 Å². The van der Waals surface area contributed by atoms with Gasteiger partial charge in [0, 0.05) is 9.13 Å². The fourth-order valence-corrected chi connectivity index (χ4v) is 2.70. The standard InChI is InChI=1S/C13H16BF3ISi/c1-10-12(5-6-19(2,3)4)7-11(8-13(10)18)9-14(15,16)17/h7-8H,9H2,1-4H3/q-1. The van der Waals surface area contributed by atoms with Gasteiger partial charge in [-0.25, -0.2) is 0 Å². The minimum Gasteiger partial charge on any atom is -0.449 e. The van der Waals surface area contributed by atoms with Crippen molar-refractivity contribution >= 4 is 37.6 Å². The van der Waals surface area contributed by atoms with E-state index in [1.165, 1.54) is 0 Å². The number of rotatable bonds is 2. The second kappa shape index (κ2) is 5.92. The lowest BCUT2D eigenvalue weighted by molar-refractivity contribution is 0.468. The molecule has 0 aliphatic carbocycles. The topological polar surface area (TPSA) is 0 Å². The van der Waals surface area contributed by atoms with Gasteiger partial charge < -0.3 is 12.9 Å². The lowest BCUT2D eigenvalue weighted by Gasteiger charge is -2.15. The lowest BCUT2D eigenvalue weighted by atomic mass is 9.81. The third kappa shape index (κ3) is 6.04. The SMILES string of the molecule is Cc1c(I)cc(C[B-](F)(F)F)cc1C#C[Si](C)(C)C. The van der Waals surface area contributed by atoms with Gasteiger partial charge in [0.15, 0.2) is 0 Å². The number of halogens is 4. The van der Waals surface area contributed by atoms with Crippen molar-refractivity contribution in [3.05, 3.63) is 32.4 Å². The third-order valence-corrected chi connectivity index (χ3v) is 4.44. The zero-order valence-electron chi connectivity index (χ0n) is 11.5. The summed E-state index contributed by atoms with van der Waals surface area (Å²) in [7, 11) is -1.53. The average molecular weight is 395 g/mol. The maximum absolute atomic E-state index is 12.5. The molecule has 0 amide bonds. The Morgan fingerprint density at radius 3 is 2.26 bits per heavy atom. The number of hydrogen-bond acceptors (Lipinski definition) is 0. The molecule has 0 fully saturated rings. The molecule has 0 saturated heterocycles. The molecule has 0 N–H and O–H groups in total. The first-order chi connectivity index (χ1) is 8.48. The highest BCUT2D eigenvalue weighted by Crippen LogP contribution is 2.23. The molecule has 0 saturated carbocycles. The van der Waals surface area contributed by atoms with Crippen molar-refractivity contribution in [1.29, 1.82) is 0 Å².